The number of aliphatic hydroxyl groups is 1. The summed E-state index contributed by atoms with van der Waals surface area (Å²) in [6.07, 6.45) is 0.958. The van der Waals surface area contributed by atoms with Gasteiger partial charge in [0, 0.05) is 12.5 Å². The van der Waals surface area contributed by atoms with Crippen molar-refractivity contribution in [3.8, 4) is 0 Å². The minimum atomic E-state index is -0.847. The van der Waals surface area contributed by atoms with Gasteiger partial charge in [0.2, 0.25) is 0 Å². The van der Waals surface area contributed by atoms with E-state index < -0.39 is 12.1 Å². The molecule has 0 saturated carbocycles. The molecule has 26 heavy (non-hydrogen) atoms. The third-order valence-electron chi connectivity index (χ3n) is 4.65. The number of allylic oxidation sites excluding steroid dienone is 1. The van der Waals surface area contributed by atoms with Crippen LogP contribution in [-0.4, -0.2) is 36.4 Å². The van der Waals surface area contributed by atoms with Gasteiger partial charge in [-0.05, 0) is 29.6 Å². The van der Waals surface area contributed by atoms with Crippen molar-refractivity contribution in [2.75, 3.05) is 13.2 Å². The number of aliphatic hydroxyl groups excluding tert-OH is 1. The zero-order valence-electron chi connectivity index (χ0n) is 17.7. The second-order valence-electron chi connectivity index (χ2n) is 8.23. The van der Waals surface area contributed by atoms with Gasteiger partial charge in [-0.2, -0.15) is 0 Å². The maximum atomic E-state index is 12.1. The Morgan fingerprint density at radius 1 is 0.923 bits per heavy atom. The van der Waals surface area contributed by atoms with Crippen LogP contribution in [0, 0.1) is 29.6 Å². The smallest absolute Gasteiger partial charge is 0.331 e. The molecule has 0 rings (SSSR count). The number of rotatable bonds is 11. The van der Waals surface area contributed by atoms with Crippen molar-refractivity contribution in [3.63, 3.8) is 0 Å². The maximum Gasteiger partial charge on any atom is 0.331 e. The lowest BCUT2D eigenvalue weighted by Gasteiger charge is -2.24. The lowest BCUT2D eigenvalue weighted by Crippen LogP contribution is -2.29. The summed E-state index contributed by atoms with van der Waals surface area (Å²) in [7, 11) is 0. The lowest BCUT2D eigenvalue weighted by molar-refractivity contribution is -0.158. The van der Waals surface area contributed by atoms with Crippen LogP contribution in [0.1, 0.15) is 61.8 Å². The first-order valence-corrected chi connectivity index (χ1v) is 9.68. The minimum Gasteiger partial charge on any atom is -0.462 e. The van der Waals surface area contributed by atoms with Crippen molar-refractivity contribution in [1.29, 1.82) is 0 Å². The molecule has 0 saturated heterocycles. The van der Waals surface area contributed by atoms with Gasteiger partial charge in [0.15, 0.2) is 6.10 Å². The average molecular weight is 371 g/mol. The zero-order valence-corrected chi connectivity index (χ0v) is 17.7. The van der Waals surface area contributed by atoms with E-state index in [1.165, 1.54) is 6.08 Å². The number of hydrogen-bond acceptors (Lipinski definition) is 5. The van der Waals surface area contributed by atoms with Crippen molar-refractivity contribution >= 4 is 11.9 Å². The molecule has 0 unspecified atom stereocenters. The van der Waals surface area contributed by atoms with Crippen molar-refractivity contribution in [3.05, 3.63) is 11.6 Å². The average Bonchev–Trinajstić information content (AvgIpc) is 2.52. The predicted molar refractivity (Wildman–Crippen MR) is 103 cm³/mol. The van der Waals surface area contributed by atoms with Crippen molar-refractivity contribution in [1.82, 2.24) is 0 Å². The molecular weight excluding hydrogens is 332 g/mol. The fourth-order valence-electron chi connectivity index (χ4n) is 3.14. The number of carbonyl (C=O) groups is 2. The Bertz CT molecular complexity index is 445. The van der Waals surface area contributed by atoms with E-state index >= 15 is 0 Å². The molecule has 5 nitrogen and oxygen atoms in total. The van der Waals surface area contributed by atoms with E-state index in [-0.39, 0.29) is 36.9 Å². The Morgan fingerprint density at radius 3 is 1.81 bits per heavy atom. The number of carbonyl (C=O) groups excluding carboxylic acids is 2. The van der Waals surface area contributed by atoms with E-state index in [4.69, 9.17) is 9.47 Å². The van der Waals surface area contributed by atoms with Crippen molar-refractivity contribution < 1.29 is 24.2 Å². The summed E-state index contributed by atoms with van der Waals surface area (Å²) in [5.41, 5.74) is 0.986. The molecular formula is C21H38O5. The standard InChI is InChI=1S/C21H38O5/c1-13(2)18(14(3)4)9-20(23)25-12-17(11-22)26-21(24)10-19(15(5)6)16(7)8/h10,13-18,22H,9,11-12H2,1-8H3/t17-/m0/s1. The van der Waals surface area contributed by atoms with Crippen molar-refractivity contribution in [2.24, 2.45) is 29.6 Å². The molecule has 0 spiro atoms. The molecule has 0 aromatic heterocycles. The number of esters is 2. The second-order valence-corrected chi connectivity index (χ2v) is 8.23. The molecule has 0 aromatic rings. The SMILES string of the molecule is CC(C)C(=CC(=O)O[C@@H](CO)COC(=O)CC(C(C)C)C(C)C)C(C)C. The largest absolute Gasteiger partial charge is 0.462 e. The Labute approximate surface area is 159 Å². The molecule has 0 aliphatic rings. The summed E-state index contributed by atoms with van der Waals surface area (Å²) >= 11 is 0. The predicted octanol–water partition coefficient (Wildman–Crippen LogP) is 3.99. The molecule has 0 bridgehead atoms. The summed E-state index contributed by atoms with van der Waals surface area (Å²) in [5, 5.41) is 9.41. The van der Waals surface area contributed by atoms with Gasteiger partial charge < -0.3 is 14.6 Å². The summed E-state index contributed by atoms with van der Waals surface area (Å²) in [5.74, 6) is 0.621. The molecule has 152 valence electrons. The van der Waals surface area contributed by atoms with Gasteiger partial charge in [-0.25, -0.2) is 4.79 Å². The van der Waals surface area contributed by atoms with Crippen LogP contribution in [0.5, 0.6) is 0 Å². The fraction of sp³-hybridized carbons (Fsp3) is 0.810. The van der Waals surface area contributed by atoms with Gasteiger partial charge in [0.25, 0.3) is 0 Å². The van der Waals surface area contributed by atoms with E-state index in [2.05, 4.69) is 27.7 Å². The van der Waals surface area contributed by atoms with Gasteiger partial charge in [-0.3, -0.25) is 4.79 Å². The van der Waals surface area contributed by atoms with Crippen LogP contribution in [0.25, 0.3) is 0 Å². The number of hydrogen-bond donors (Lipinski definition) is 1. The Kier molecular flexibility index (Phi) is 11.5. The van der Waals surface area contributed by atoms with E-state index in [1.807, 2.05) is 27.7 Å². The highest BCUT2D eigenvalue weighted by Gasteiger charge is 2.23. The van der Waals surface area contributed by atoms with Crippen LogP contribution < -0.4 is 0 Å². The fourth-order valence-corrected chi connectivity index (χ4v) is 3.14. The first-order valence-electron chi connectivity index (χ1n) is 9.68. The number of ether oxygens (including phenoxy) is 2. The van der Waals surface area contributed by atoms with Gasteiger partial charge in [0.1, 0.15) is 6.61 Å². The first-order chi connectivity index (χ1) is 12.0. The minimum absolute atomic E-state index is 0.128. The quantitative estimate of drug-likeness (QED) is 0.440. The Hall–Kier alpha value is -1.36. The summed E-state index contributed by atoms with van der Waals surface area (Å²) < 4.78 is 10.5. The van der Waals surface area contributed by atoms with Gasteiger partial charge in [-0.15, -0.1) is 0 Å². The molecule has 0 radical (unpaired) electrons. The van der Waals surface area contributed by atoms with Crippen molar-refractivity contribution in [2.45, 2.75) is 67.9 Å². The topological polar surface area (TPSA) is 72.8 Å². The molecule has 0 heterocycles. The summed E-state index contributed by atoms with van der Waals surface area (Å²) in [6, 6.07) is 0. The van der Waals surface area contributed by atoms with E-state index in [9.17, 15) is 14.7 Å². The van der Waals surface area contributed by atoms with Crippen LogP contribution in [0.2, 0.25) is 0 Å². The van der Waals surface area contributed by atoms with E-state index in [1.54, 1.807) is 0 Å². The molecule has 0 amide bonds. The third-order valence-corrected chi connectivity index (χ3v) is 4.65. The molecule has 0 aliphatic carbocycles. The molecule has 1 atom stereocenters. The third kappa shape index (κ3) is 9.37. The zero-order chi connectivity index (χ0) is 20.4. The van der Waals surface area contributed by atoms with E-state index in [0.29, 0.717) is 18.3 Å². The summed E-state index contributed by atoms with van der Waals surface area (Å²) in [6.45, 7) is 15.9. The highest BCUT2D eigenvalue weighted by atomic mass is 16.6. The Balaban J connectivity index is 4.66. The summed E-state index contributed by atoms with van der Waals surface area (Å²) in [4.78, 5) is 24.2. The maximum absolute atomic E-state index is 12.1. The molecule has 1 N–H and O–H groups in total. The second kappa shape index (κ2) is 12.1. The monoisotopic (exact) mass is 370 g/mol. The van der Waals surface area contributed by atoms with Crippen LogP contribution in [0.4, 0.5) is 0 Å². The first kappa shape index (κ1) is 24.6. The highest BCUT2D eigenvalue weighted by Crippen LogP contribution is 2.24. The van der Waals surface area contributed by atoms with E-state index in [0.717, 1.165) is 5.57 Å². The van der Waals surface area contributed by atoms with Crippen LogP contribution in [0.15, 0.2) is 11.6 Å². The molecule has 0 aliphatic heterocycles. The molecule has 0 fully saturated rings. The van der Waals surface area contributed by atoms with Gasteiger partial charge >= 0.3 is 11.9 Å². The normalized spacial score (nSPS) is 12.8. The van der Waals surface area contributed by atoms with Crippen LogP contribution in [0.3, 0.4) is 0 Å². The van der Waals surface area contributed by atoms with Gasteiger partial charge in [0.05, 0.1) is 6.61 Å². The molecule has 5 heteroatoms. The highest BCUT2D eigenvalue weighted by molar-refractivity contribution is 5.83. The van der Waals surface area contributed by atoms with Gasteiger partial charge in [-0.1, -0.05) is 61.0 Å². The molecule has 0 aromatic carbocycles. The van der Waals surface area contributed by atoms with Crippen LogP contribution >= 0.6 is 0 Å². The lowest BCUT2D eigenvalue weighted by atomic mass is 9.83. The van der Waals surface area contributed by atoms with Crippen LogP contribution in [-0.2, 0) is 19.1 Å². The Morgan fingerprint density at radius 2 is 1.42 bits per heavy atom.